The number of hydrogen-bond acceptors (Lipinski definition) is 5. The Kier molecular flexibility index (Phi) is 5.36. The molecule has 1 fully saturated rings. The quantitative estimate of drug-likeness (QED) is 0.619. The van der Waals surface area contributed by atoms with Crippen molar-refractivity contribution in [2.45, 2.75) is 24.7 Å². The van der Waals surface area contributed by atoms with Gasteiger partial charge in [-0.3, -0.25) is 4.79 Å². The van der Waals surface area contributed by atoms with Gasteiger partial charge in [0.25, 0.3) is 0 Å². The third kappa shape index (κ3) is 4.09. The molecular weight excluding hydrogens is 409 g/mol. The second-order valence-corrected chi connectivity index (χ2v) is 7.33. The Bertz CT molecular complexity index is 1090. The number of aliphatic hydroxyl groups excluding tert-OH is 1. The number of nitrogen functional groups attached to an aromatic ring is 1. The Morgan fingerprint density at radius 1 is 1.06 bits per heavy atom. The molecule has 1 aromatic heterocycles. The zero-order chi connectivity index (χ0) is 22.2. The number of hydrogen-bond donors (Lipinski definition) is 2. The van der Waals surface area contributed by atoms with Crippen LogP contribution in [-0.4, -0.2) is 39.0 Å². The van der Waals surface area contributed by atoms with E-state index in [-0.39, 0.29) is 11.5 Å². The molecule has 2 aromatic carbocycles. The second kappa shape index (κ2) is 7.99. The molecule has 2 heterocycles. The summed E-state index contributed by atoms with van der Waals surface area (Å²) >= 11 is 0. The first-order valence-electron chi connectivity index (χ1n) is 9.57. The second-order valence-electron chi connectivity index (χ2n) is 7.33. The predicted octanol–water partition coefficient (Wildman–Crippen LogP) is 3.68. The number of likely N-dealkylation sites (tertiary alicyclic amines) is 1. The number of carbonyl (C=O) groups excluding carboxylic acids is 1. The maximum atomic E-state index is 12.8. The van der Waals surface area contributed by atoms with Crippen LogP contribution in [-0.2, 0) is 11.0 Å². The topological polar surface area (TPSA) is 92.3 Å². The number of nitrogens with two attached hydrogens (primary N) is 1. The molecule has 3 aromatic rings. The molecule has 0 aliphatic carbocycles. The van der Waals surface area contributed by atoms with E-state index >= 15 is 0 Å². The summed E-state index contributed by atoms with van der Waals surface area (Å²) in [5.74, 6) is 0.107. The lowest BCUT2D eigenvalue weighted by Gasteiger charge is -2.23. The van der Waals surface area contributed by atoms with Crippen LogP contribution in [0.4, 0.5) is 19.0 Å². The largest absolute Gasteiger partial charge is 0.416 e. The van der Waals surface area contributed by atoms with Crippen LogP contribution in [0.1, 0.15) is 23.6 Å². The Hall–Kier alpha value is -3.46. The molecule has 0 saturated carbocycles. The van der Waals surface area contributed by atoms with E-state index in [2.05, 4.69) is 9.97 Å². The van der Waals surface area contributed by atoms with Gasteiger partial charge in [0.05, 0.1) is 29.6 Å². The van der Waals surface area contributed by atoms with Crippen molar-refractivity contribution >= 4 is 12.2 Å². The van der Waals surface area contributed by atoms with E-state index in [4.69, 9.17) is 5.73 Å². The number of aromatic nitrogens is 2. The van der Waals surface area contributed by atoms with Crippen molar-refractivity contribution in [1.29, 1.82) is 0 Å². The highest BCUT2D eigenvalue weighted by Gasteiger charge is 2.33. The van der Waals surface area contributed by atoms with Crippen molar-refractivity contribution < 1.29 is 23.1 Å². The van der Waals surface area contributed by atoms with Crippen molar-refractivity contribution in [2.75, 3.05) is 12.3 Å². The number of benzene rings is 2. The Balaban J connectivity index is 1.63. The van der Waals surface area contributed by atoms with Gasteiger partial charge in [0.2, 0.25) is 6.41 Å². The van der Waals surface area contributed by atoms with Crippen LogP contribution in [0.5, 0.6) is 0 Å². The summed E-state index contributed by atoms with van der Waals surface area (Å²) in [7, 11) is 0. The molecule has 160 valence electrons. The van der Waals surface area contributed by atoms with Crippen LogP contribution in [0.15, 0.2) is 54.7 Å². The normalized spacial score (nSPS) is 18.9. The van der Waals surface area contributed by atoms with Gasteiger partial charge in [0, 0.05) is 17.7 Å². The molecule has 31 heavy (non-hydrogen) atoms. The first-order valence-corrected chi connectivity index (χ1v) is 9.57. The molecule has 1 saturated heterocycles. The fourth-order valence-corrected chi connectivity index (χ4v) is 3.75. The number of halogens is 3. The SMILES string of the molecule is Nc1ncc(-c2ccc(C3C(O)CCN3C=O)cc2)nc1-c1ccc(C(F)(F)F)cc1. The van der Waals surface area contributed by atoms with E-state index in [9.17, 15) is 23.1 Å². The first-order chi connectivity index (χ1) is 14.8. The Morgan fingerprint density at radius 2 is 1.71 bits per heavy atom. The summed E-state index contributed by atoms with van der Waals surface area (Å²) in [5.41, 5.74) is 7.88. The van der Waals surface area contributed by atoms with Gasteiger partial charge in [-0.25, -0.2) is 9.97 Å². The number of nitrogens with zero attached hydrogens (tertiary/aromatic N) is 3. The smallest absolute Gasteiger partial charge is 0.391 e. The Morgan fingerprint density at radius 3 is 2.32 bits per heavy atom. The van der Waals surface area contributed by atoms with Crippen LogP contribution >= 0.6 is 0 Å². The van der Waals surface area contributed by atoms with Gasteiger partial charge >= 0.3 is 6.18 Å². The fraction of sp³-hybridized carbons (Fsp3) is 0.227. The average molecular weight is 428 g/mol. The summed E-state index contributed by atoms with van der Waals surface area (Å²) in [5, 5.41) is 10.2. The zero-order valence-electron chi connectivity index (χ0n) is 16.3. The van der Waals surface area contributed by atoms with Gasteiger partial charge in [-0.15, -0.1) is 0 Å². The van der Waals surface area contributed by atoms with Crippen molar-refractivity contribution in [3.05, 3.63) is 65.9 Å². The lowest BCUT2D eigenvalue weighted by Crippen LogP contribution is -2.25. The van der Waals surface area contributed by atoms with Gasteiger partial charge in [-0.1, -0.05) is 36.4 Å². The van der Waals surface area contributed by atoms with E-state index in [0.717, 1.165) is 29.7 Å². The molecule has 9 heteroatoms. The number of carbonyl (C=O) groups is 1. The lowest BCUT2D eigenvalue weighted by atomic mass is 10.00. The highest BCUT2D eigenvalue weighted by atomic mass is 19.4. The molecule has 0 bridgehead atoms. The van der Waals surface area contributed by atoms with Crippen LogP contribution in [0.3, 0.4) is 0 Å². The van der Waals surface area contributed by atoms with Crippen LogP contribution in [0.25, 0.3) is 22.5 Å². The molecule has 0 radical (unpaired) electrons. The van der Waals surface area contributed by atoms with Gasteiger partial charge in [-0.05, 0) is 24.1 Å². The van der Waals surface area contributed by atoms with E-state index in [1.807, 2.05) is 0 Å². The van der Waals surface area contributed by atoms with Crippen molar-refractivity contribution in [2.24, 2.45) is 0 Å². The minimum Gasteiger partial charge on any atom is -0.391 e. The summed E-state index contributed by atoms with van der Waals surface area (Å²) < 4.78 is 38.4. The monoisotopic (exact) mass is 428 g/mol. The molecule has 3 N–H and O–H groups in total. The van der Waals surface area contributed by atoms with E-state index in [1.165, 1.54) is 18.3 Å². The minimum atomic E-state index is -4.42. The van der Waals surface area contributed by atoms with E-state index < -0.39 is 23.9 Å². The van der Waals surface area contributed by atoms with Gasteiger partial charge < -0.3 is 15.7 Å². The third-order valence-electron chi connectivity index (χ3n) is 5.37. The maximum Gasteiger partial charge on any atom is 0.416 e. The highest BCUT2D eigenvalue weighted by molar-refractivity contribution is 5.73. The minimum absolute atomic E-state index is 0.107. The van der Waals surface area contributed by atoms with Crippen molar-refractivity contribution in [3.63, 3.8) is 0 Å². The summed E-state index contributed by atoms with van der Waals surface area (Å²) in [4.78, 5) is 21.4. The molecule has 6 nitrogen and oxygen atoms in total. The summed E-state index contributed by atoms with van der Waals surface area (Å²) in [6.45, 7) is 0.497. The highest BCUT2D eigenvalue weighted by Crippen LogP contribution is 2.34. The number of anilines is 1. The van der Waals surface area contributed by atoms with Crippen LogP contribution in [0, 0.1) is 0 Å². The zero-order valence-corrected chi connectivity index (χ0v) is 16.3. The predicted molar refractivity (Wildman–Crippen MR) is 108 cm³/mol. The maximum absolute atomic E-state index is 12.8. The van der Waals surface area contributed by atoms with Gasteiger partial charge in [0.1, 0.15) is 11.5 Å². The van der Waals surface area contributed by atoms with E-state index in [1.54, 1.807) is 29.2 Å². The molecule has 2 atom stereocenters. The molecule has 1 aliphatic heterocycles. The molecule has 1 amide bonds. The number of amides is 1. The summed E-state index contributed by atoms with van der Waals surface area (Å²) in [6.07, 6.45) is -2.31. The number of aliphatic hydroxyl groups is 1. The number of rotatable bonds is 4. The Labute approximate surface area is 176 Å². The third-order valence-corrected chi connectivity index (χ3v) is 5.37. The molecule has 2 unspecified atom stereocenters. The number of alkyl halides is 3. The van der Waals surface area contributed by atoms with Crippen molar-refractivity contribution in [3.8, 4) is 22.5 Å². The first kappa shape index (κ1) is 20.8. The van der Waals surface area contributed by atoms with Crippen molar-refractivity contribution in [1.82, 2.24) is 14.9 Å². The molecule has 4 rings (SSSR count). The standard InChI is InChI=1S/C22H19F3N4O2/c23-22(24,25)16-7-5-14(6-8-16)19-21(26)27-11-17(28-19)13-1-3-15(4-2-13)20-18(31)9-10-29(20)12-30/h1-8,11-12,18,20,31H,9-10H2,(H2,26,27). The molecular formula is C22H19F3N4O2. The summed E-state index contributed by atoms with van der Waals surface area (Å²) in [6, 6.07) is 11.4. The van der Waals surface area contributed by atoms with Gasteiger partial charge in [0.15, 0.2) is 0 Å². The lowest BCUT2D eigenvalue weighted by molar-refractivity contribution is -0.137. The van der Waals surface area contributed by atoms with E-state index in [0.29, 0.717) is 24.2 Å². The molecule has 1 aliphatic rings. The van der Waals surface area contributed by atoms with Gasteiger partial charge in [-0.2, -0.15) is 13.2 Å². The average Bonchev–Trinajstić information content (AvgIpc) is 3.14. The fourth-order valence-electron chi connectivity index (χ4n) is 3.75. The van der Waals surface area contributed by atoms with Crippen LogP contribution in [0.2, 0.25) is 0 Å². The van der Waals surface area contributed by atoms with Crippen LogP contribution < -0.4 is 5.73 Å². The molecule has 0 spiro atoms.